The number of ether oxygens (including phenoxy) is 2. The summed E-state index contributed by atoms with van der Waals surface area (Å²) in [7, 11) is 0. The molecule has 5 atom stereocenters. The van der Waals surface area contributed by atoms with Crippen molar-refractivity contribution < 1.29 is 34.0 Å². The SMILES string of the molecule is C/C=C(/C)C(=O)O[C@@H]1Cc2c(c([C@@H]3C4=CCNC(N)=C4C=C[C@H]3c3cccc(O)c3)c3oc(CO)cc(=O)c3c2O)O[C@@]1(C)CCC1=CNC(N)C=C1. The van der Waals surface area contributed by atoms with E-state index < -0.39 is 41.5 Å². The molecule has 2 aromatic carbocycles. The van der Waals surface area contributed by atoms with E-state index in [9.17, 15) is 24.9 Å². The monoisotopic (exact) mass is 720 g/mol. The molecule has 1 aliphatic carbocycles. The van der Waals surface area contributed by atoms with Gasteiger partial charge in [0, 0.05) is 59.3 Å². The Labute approximate surface area is 306 Å². The lowest BCUT2D eigenvalue weighted by Gasteiger charge is -2.44. The highest BCUT2D eigenvalue weighted by Crippen LogP contribution is 2.56. The molecule has 4 aliphatic rings. The second-order valence-corrected chi connectivity index (χ2v) is 14.1. The molecule has 3 aliphatic heterocycles. The van der Waals surface area contributed by atoms with Crippen molar-refractivity contribution in [2.24, 2.45) is 11.5 Å². The summed E-state index contributed by atoms with van der Waals surface area (Å²) in [6.07, 6.45) is 13.0. The Morgan fingerprint density at radius 3 is 2.72 bits per heavy atom. The van der Waals surface area contributed by atoms with Crippen molar-refractivity contribution in [3.05, 3.63) is 134 Å². The van der Waals surface area contributed by atoms with Gasteiger partial charge < -0.3 is 51.3 Å². The van der Waals surface area contributed by atoms with E-state index in [4.69, 9.17) is 25.4 Å². The van der Waals surface area contributed by atoms with Gasteiger partial charge in [0.2, 0.25) is 0 Å². The third kappa shape index (κ3) is 6.49. The fraction of sp³-hybridized carbons (Fsp3) is 0.317. The molecule has 7 rings (SSSR count). The lowest BCUT2D eigenvalue weighted by atomic mass is 9.69. The number of dihydropyridines is 2. The fourth-order valence-electron chi connectivity index (χ4n) is 7.63. The molecule has 12 nitrogen and oxygen atoms in total. The minimum absolute atomic E-state index is 0.00636. The highest BCUT2D eigenvalue weighted by molar-refractivity contribution is 5.92. The number of aliphatic hydroxyl groups excluding tert-OH is 1. The molecule has 4 heterocycles. The summed E-state index contributed by atoms with van der Waals surface area (Å²) >= 11 is 0. The number of carbonyl (C=O) groups excluding carboxylic acids is 1. The van der Waals surface area contributed by atoms with Crippen LogP contribution in [0.15, 0.2) is 110 Å². The minimum atomic E-state index is -1.15. The van der Waals surface area contributed by atoms with Crippen molar-refractivity contribution in [2.45, 2.75) is 76.3 Å². The first kappa shape index (κ1) is 35.7. The summed E-state index contributed by atoms with van der Waals surface area (Å²) in [5.74, 6) is -1.10. The Morgan fingerprint density at radius 1 is 1.19 bits per heavy atom. The maximum Gasteiger partial charge on any atom is 0.333 e. The molecular formula is C41H44N4O8. The number of nitrogens with one attached hydrogen (secondary N) is 2. The van der Waals surface area contributed by atoms with Crippen LogP contribution in [0.5, 0.6) is 17.2 Å². The quantitative estimate of drug-likeness (QED) is 0.127. The summed E-state index contributed by atoms with van der Waals surface area (Å²) in [5, 5.41) is 39.0. The van der Waals surface area contributed by atoms with Crippen LogP contribution in [0, 0.1) is 0 Å². The van der Waals surface area contributed by atoms with E-state index in [1.165, 1.54) is 0 Å². The van der Waals surface area contributed by atoms with Gasteiger partial charge in [0.15, 0.2) is 5.43 Å². The van der Waals surface area contributed by atoms with Gasteiger partial charge in [0.25, 0.3) is 0 Å². The molecule has 276 valence electrons. The van der Waals surface area contributed by atoms with Crippen molar-refractivity contribution in [1.29, 1.82) is 0 Å². The largest absolute Gasteiger partial charge is 0.508 e. The van der Waals surface area contributed by atoms with Crippen molar-refractivity contribution in [1.82, 2.24) is 10.6 Å². The van der Waals surface area contributed by atoms with Crippen LogP contribution in [0.1, 0.15) is 67.9 Å². The maximum absolute atomic E-state index is 13.9. The Morgan fingerprint density at radius 2 is 2.00 bits per heavy atom. The first-order valence-corrected chi connectivity index (χ1v) is 17.7. The number of hydrogen-bond acceptors (Lipinski definition) is 12. The molecule has 9 N–H and O–H groups in total. The van der Waals surface area contributed by atoms with Crippen LogP contribution in [0.3, 0.4) is 0 Å². The fourth-order valence-corrected chi connectivity index (χ4v) is 7.63. The number of nitrogens with two attached hydrogens (primary N) is 2. The maximum atomic E-state index is 13.9. The van der Waals surface area contributed by atoms with Gasteiger partial charge >= 0.3 is 5.97 Å². The van der Waals surface area contributed by atoms with E-state index in [1.54, 1.807) is 38.1 Å². The molecule has 0 saturated heterocycles. The van der Waals surface area contributed by atoms with Crippen LogP contribution in [-0.2, 0) is 22.6 Å². The van der Waals surface area contributed by atoms with Crippen LogP contribution in [0.2, 0.25) is 0 Å². The van der Waals surface area contributed by atoms with Crippen LogP contribution in [0.4, 0.5) is 0 Å². The second-order valence-electron chi connectivity index (χ2n) is 14.1. The predicted molar refractivity (Wildman–Crippen MR) is 200 cm³/mol. The van der Waals surface area contributed by atoms with E-state index in [2.05, 4.69) is 10.6 Å². The molecular weight excluding hydrogens is 676 g/mol. The van der Waals surface area contributed by atoms with Crippen molar-refractivity contribution in [3.8, 4) is 17.2 Å². The van der Waals surface area contributed by atoms with Crippen molar-refractivity contribution >= 4 is 16.9 Å². The number of allylic oxidation sites excluding steroid dienone is 7. The van der Waals surface area contributed by atoms with E-state index in [0.717, 1.165) is 28.3 Å². The summed E-state index contributed by atoms with van der Waals surface area (Å²) in [5.41, 5.74) is 15.3. The number of aliphatic hydroxyl groups is 1. The summed E-state index contributed by atoms with van der Waals surface area (Å²) in [4.78, 5) is 27.2. The standard InChI is InChI=1S/C41H44N4O8/c1-4-21(2)40(50)52-31-18-29-36(49)34-30(48)17-25(20-46)51-38(34)35(37(29)53-41(31,3)14-12-22-8-11-32(42)45-19-22)33-26(23-6-5-7-24(47)16-23)9-10-28-27(33)13-15-44-39(28)43/h4-11,13,16-17,19,26,31-33,44-47,49H,12,14-15,18,20,42-43H2,1-3H3/b21-4-/t26-,31+,32?,33-,41-/m0/s1. The number of phenolic OH excluding ortho intramolecular Hbond substituents is 2. The van der Waals surface area contributed by atoms with Gasteiger partial charge in [-0.2, -0.15) is 0 Å². The molecule has 0 fully saturated rings. The van der Waals surface area contributed by atoms with E-state index in [1.807, 2.05) is 49.6 Å². The molecule has 1 aromatic heterocycles. The van der Waals surface area contributed by atoms with Gasteiger partial charge in [-0.05, 0) is 68.5 Å². The number of benzene rings is 2. The topological polar surface area (TPSA) is 203 Å². The molecule has 1 unspecified atom stereocenters. The van der Waals surface area contributed by atoms with Gasteiger partial charge in [-0.15, -0.1) is 0 Å². The predicted octanol–water partition coefficient (Wildman–Crippen LogP) is 4.51. The van der Waals surface area contributed by atoms with Gasteiger partial charge in [0.1, 0.15) is 58.1 Å². The molecule has 0 bridgehead atoms. The lowest BCUT2D eigenvalue weighted by molar-refractivity contribution is -0.158. The average Bonchev–Trinajstić information content (AvgIpc) is 3.14. The number of fused-ring (bicyclic) bond motifs is 3. The number of carbonyl (C=O) groups is 1. The molecule has 53 heavy (non-hydrogen) atoms. The number of esters is 1. The summed E-state index contributed by atoms with van der Waals surface area (Å²) in [6.45, 7) is 5.15. The molecule has 0 spiro atoms. The second kappa shape index (κ2) is 14.0. The van der Waals surface area contributed by atoms with E-state index >= 15 is 0 Å². The third-order valence-electron chi connectivity index (χ3n) is 10.7. The van der Waals surface area contributed by atoms with Crippen LogP contribution in [-0.4, -0.2) is 45.7 Å². The number of rotatable bonds is 8. The number of phenols is 2. The highest BCUT2D eigenvalue weighted by Gasteiger charge is 2.48. The average molecular weight is 721 g/mol. The van der Waals surface area contributed by atoms with Gasteiger partial charge in [-0.1, -0.05) is 42.5 Å². The zero-order chi connectivity index (χ0) is 37.6. The number of hydrogen-bond donors (Lipinski definition) is 7. The smallest absolute Gasteiger partial charge is 0.333 e. The summed E-state index contributed by atoms with van der Waals surface area (Å²) in [6, 6.07) is 8.09. The minimum Gasteiger partial charge on any atom is -0.508 e. The summed E-state index contributed by atoms with van der Waals surface area (Å²) < 4.78 is 19.6. The van der Waals surface area contributed by atoms with E-state index in [-0.39, 0.29) is 52.1 Å². The zero-order valence-corrected chi connectivity index (χ0v) is 29.8. The molecule has 12 heteroatoms. The number of aromatic hydroxyl groups is 2. The molecule has 0 radical (unpaired) electrons. The molecule has 3 aromatic rings. The molecule has 0 saturated carbocycles. The Kier molecular flexibility index (Phi) is 9.43. The normalized spacial score (nSPS) is 25.0. The van der Waals surface area contributed by atoms with Crippen molar-refractivity contribution in [3.63, 3.8) is 0 Å². The zero-order valence-electron chi connectivity index (χ0n) is 29.8. The first-order chi connectivity index (χ1) is 25.4. The van der Waals surface area contributed by atoms with Gasteiger partial charge in [0.05, 0.1) is 6.17 Å². The Balaban J connectivity index is 1.50. The molecule has 0 amide bonds. The van der Waals surface area contributed by atoms with Crippen molar-refractivity contribution in [2.75, 3.05) is 6.54 Å². The Hall–Kier alpha value is -5.72. The van der Waals surface area contributed by atoms with Crippen LogP contribution >= 0.6 is 0 Å². The van der Waals surface area contributed by atoms with Gasteiger partial charge in [-0.3, -0.25) is 4.79 Å². The Bertz CT molecular complexity index is 2250. The first-order valence-electron chi connectivity index (χ1n) is 17.7. The lowest BCUT2D eigenvalue weighted by Crippen LogP contribution is -2.51. The highest BCUT2D eigenvalue weighted by atomic mass is 16.6. The van der Waals surface area contributed by atoms with Gasteiger partial charge in [-0.25, -0.2) is 4.79 Å². The van der Waals surface area contributed by atoms with Crippen LogP contribution in [0.25, 0.3) is 11.0 Å². The van der Waals surface area contributed by atoms with Crippen LogP contribution < -0.4 is 32.3 Å². The van der Waals surface area contributed by atoms with E-state index in [0.29, 0.717) is 36.3 Å². The third-order valence-corrected chi connectivity index (χ3v) is 10.7.